The maximum atomic E-state index is 13.0. The molecule has 0 aliphatic heterocycles. The highest BCUT2D eigenvalue weighted by atomic mass is 79.9. The summed E-state index contributed by atoms with van der Waals surface area (Å²) in [7, 11) is 0. The lowest BCUT2D eigenvalue weighted by Crippen LogP contribution is -1.99. The van der Waals surface area contributed by atoms with Crippen LogP contribution in [0.1, 0.15) is 19.4 Å². The molecule has 1 aromatic carbocycles. The highest BCUT2D eigenvalue weighted by Crippen LogP contribution is 2.30. The van der Waals surface area contributed by atoms with Crippen molar-refractivity contribution in [2.24, 2.45) is 0 Å². The fourth-order valence-electron chi connectivity index (χ4n) is 1.59. The number of hydrogen-bond acceptors (Lipinski definition) is 4. The van der Waals surface area contributed by atoms with Gasteiger partial charge in [0.25, 0.3) is 0 Å². The molecular formula is C14H11BrFN3S. The van der Waals surface area contributed by atoms with E-state index in [1.54, 1.807) is 12.1 Å². The van der Waals surface area contributed by atoms with E-state index in [-0.39, 0.29) is 5.82 Å². The van der Waals surface area contributed by atoms with Crippen molar-refractivity contribution >= 4 is 27.7 Å². The highest BCUT2D eigenvalue weighted by Gasteiger charge is 2.15. The zero-order valence-corrected chi connectivity index (χ0v) is 13.3. The first-order chi connectivity index (χ1) is 9.51. The Balaban J connectivity index is 2.57. The Morgan fingerprint density at radius 2 is 1.90 bits per heavy atom. The van der Waals surface area contributed by atoms with Crippen LogP contribution in [0, 0.1) is 17.1 Å². The van der Waals surface area contributed by atoms with Crippen molar-refractivity contribution in [1.29, 1.82) is 5.26 Å². The van der Waals surface area contributed by atoms with Gasteiger partial charge in [0.15, 0.2) is 5.16 Å². The van der Waals surface area contributed by atoms with Gasteiger partial charge in [-0.25, -0.2) is 14.4 Å². The van der Waals surface area contributed by atoms with E-state index < -0.39 is 0 Å². The Morgan fingerprint density at radius 3 is 2.45 bits per heavy atom. The van der Waals surface area contributed by atoms with Crippen LogP contribution in [0.3, 0.4) is 0 Å². The van der Waals surface area contributed by atoms with Crippen LogP contribution >= 0.6 is 27.7 Å². The van der Waals surface area contributed by atoms with Crippen LogP contribution in [0.2, 0.25) is 0 Å². The number of hydrogen-bond donors (Lipinski definition) is 0. The Labute approximate surface area is 129 Å². The summed E-state index contributed by atoms with van der Waals surface area (Å²) in [6.45, 7) is 4.08. The summed E-state index contributed by atoms with van der Waals surface area (Å²) < 4.78 is 13.5. The number of aromatic nitrogens is 2. The van der Waals surface area contributed by atoms with Gasteiger partial charge in [0, 0.05) is 10.8 Å². The molecule has 0 bridgehead atoms. The van der Waals surface area contributed by atoms with Gasteiger partial charge in [-0.3, -0.25) is 0 Å². The third kappa shape index (κ3) is 3.35. The minimum atomic E-state index is -0.322. The van der Waals surface area contributed by atoms with E-state index in [0.29, 0.717) is 31.8 Å². The second-order valence-electron chi connectivity index (χ2n) is 4.31. The molecule has 0 aliphatic carbocycles. The highest BCUT2D eigenvalue weighted by molar-refractivity contribution is 9.10. The molecule has 102 valence electrons. The molecule has 0 atom stereocenters. The molecule has 0 saturated carbocycles. The maximum Gasteiger partial charge on any atom is 0.189 e. The summed E-state index contributed by atoms with van der Waals surface area (Å²) in [6.07, 6.45) is 0. The average molecular weight is 352 g/mol. The van der Waals surface area contributed by atoms with Gasteiger partial charge >= 0.3 is 0 Å². The second kappa shape index (κ2) is 6.33. The largest absolute Gasteiger partial charge is 0.221 e. The summed E-state index contributed by atoms with van der Waals surface area (Å²) in [5, 5.41) is 10.2. The minimum Gasteiger partial charge on any atom is -0.221 e. The molecule has 0 radical (unpaired) electrons. The van der Waals surface area contributed by atoms with Crippen LogP contribution in [0.4, 0.5) is 4.39 Å². The summed E-state index contributed by atoms with van der Waals surface area (Å²) in [6, 6.07) is 7.99. The van der Waals surface area contributed by atoms with Crippen LogP contribution in [-0.4, -0.2) is 15.2 Å². The predicted molar refractivity (Wildman–Crippen MR) is 80.8 cm³/mol. The lowest BCUT2D eigenvalue weighted by molar-refractivity contribution is 0.628. The van der Waals surface area contributed by atoms with Crippen molar-refractivity contribution in [3.05, 3.63) is 40.2 Å². The topological polar surface area (TPSA) is 49.6 Å². The van der Waals surface area contributed by atoms with Gasteiger partial charge in [-0.05, 0) is 40.2 Å². The molecule has 0 spiro atoms. The van der Waals surface area contributed by atoms with Crippen molar-refractivity contribution in [1.82, 2.24) is 9.97 Å². The molecule has 1 aromatic heterocycles. The molecule has 3 nitrogen and oxygen atoms in total. The first-order valence-corrected chi connectivity index (χ1v) is 7.58. The minimum absolute atomic E-state index is 0.322. The third-order valence-corrected chi connectivity index (χ3v) is 3.85. The lowest BCUT2D eigenvalue weighted by atomic mass is 10.1. The quantitative estimate of drug-likeness (QED) is 0.466. The Hall–Kier alpha value is -1.45. The van der Waals surface area contributed by atoms with Gasteiger partial charge in [0.2, 0.25) is 0 Å². The van der Waals surface area contributed by atoms with E-state index in [2.05, 4.69) is 32.0 Å². The van der Waals surface area contributed by atoms with Gasteiger partial charge in [-0.1, -0.05) is 25.6 Å². The molecule has 0 aliphatic rings. The third-order valence-electron chi connectivity index (χ3n) is 2.41. The molecule has 0 amide bonds. The monoisotopic (exact) mass is 351 g/mol. The molecule has 2 rings (SSSR count). The van der Waals surface area contributed by atoms with Crippen molar-refractivity contribution in [2.75, 3.05) is 0 Å². The molecule has 1 heterocycles. The molecule has 6 heteroatoms. The van der Waals surface area contributed by atoms with Crippen molar-refractivity contribution < 1.29 is 4.39 Å². The lowest BCUT2D eigenvalue weighted by Gasteiger charge is -2.09. The van der Waals surface area contributed by atoms with E-state index in [1.807, 2.05) is 13.8 Å². The maximum absolute atomic E-state index is 13.0. The number of nitriles is 1. The SMILES string of the molecule is CC(C)Sc1nc(Br)c(C#N)c(-c2ccc(F)cc2)n1. The van der Waals surface area contributed by atoms with Gasteiger partial charge in [-0.15, -0.1) is 0 Å². The van der Waals surface area contributed by atoms with E-state index in [0.717, 1.165) is 0 Å². The van der Waals surface area contributed by atoms with Crippen LogP contribution < -0.4 is 0 Å². The summed E-state index contributed by atoms with van der Waals surface area (Å²) in [5.41, 5.74) is 1.55. The number of nitrogens with zero attached hydrogens (tertiary/aromatic N) is 3. The normalized spacial score (nSPS) is 10.6. The Kier molecular flexibility index (Phi) is 4.73. The zero-order chi connectivity index (χ0) is 14.7. The first kappa shape index (κ1) is 14.9. The summed E-state index contributed by atoms with van der Waals surface area (Å²) in [5.74, 6) is -0.322. The van der Waals surface area contributed by atoms with E-state index in [4.69, 9.17) is 0 Å². The Morgan fingerprint density at radius 1 is 1.25 bits per heavy atom. The molecule has 0 unspecified atom stereocenters. The summed E-state index contributed by atoms with van der Waals surface area (Å²) >= 11 is 4.81. The first-order valence-electron chi connectivity index (χ1n) is 5.91. The number of rotatable bonds is 3. The summed E-state index contributed by atoms with van der Waals surface area (Å²) in [4.78, 5) is 8.68. The fraction of sp³-hybridized carbons (Fsp3) is 0.214. The number of benzene rings is 1. The van der Waals surface area contributed by atoms with Crippen LogP contribution in [-0.2, 0) is 0 Å². The molecule has 0 N–H and O–H groups in total. The molecule has 0 fully saturated rings. The van der Waals surface area contributed by atoms with Gasteiger partial charge in [0.1, 0.15) is 22.1 Å². The Bertz CT molecular complexity index is 665. The van der Waals surface area contributed by atoms with Gasteiger partial charge in [-0.2, -0.15) is 5.26 Å². The smallest absolute Gasteiger partial charge is 0.189 e. The molecule has 2 aromatic rings. The standard InChI is InChI=1S/C14H11BrFN3S/c1-8(2)20-14-18-12(11(7-17)13(15)19-14)9-3-5-10(16)6-4-9/h3-6,8H,1-2H3. The predicted octanol–water partition coefficient (Wildman–Crippen LogP) is 4.42. The molecular weight excluding hydrogens is 341 g/mol. The van der Waals surface area contributed by atoms with Gasteiger partial charge in [0.05, 0.1) is 5.69 Å². The second-order valence-corrected chi connectivity index (χ2v) is 6.60. The van der Waals surface area contributed by atoms with Crippen LogP contribution in [0.5, 0.6) is 0 Å². The zero-order valence-electron chi connectivity index (χ0n) is 10.9. The average Bonchev–Trinajstić information content (AvgIpc) is 2.38. The van der Waals surface area contributed by atoms with E-state index in [9.17, 15) is 9.65 Å². The fourth-order valence-corrected chi connectivity index (χ4v) is 2.86. The van der Waals surface area contributed by atoms with Crippen molar-refractivity contribution in [2.45, 2.75) is 24.3 Å². The number of thioether (sulfide) groups is 1. The number of halogens is 2. The van der Waals surface area contributed by atoms with Crippen LogP contribution in [0.25, 0.3) is 11.3 Å². The van der Waals surface area contributed by atoms with E-state index in [1.165, 1.54) is 23.9 Å². The molecule has 20 heavy (non-hydrogen) atoms. The molecule has 0 saturated heterocycles. The van der Waals surface area contributed by atoms with Crippen molar-refractivity contribution in [3.63, 3.8) is 0 Å². The van der Waals surface area contributed by atoms with Crippen LogP contribution in [0.15, 0.2) is 34.0 Å². The van der Waals surface area contributed by atoms with E-state index >= 15 is 0 Å². The van der Waals surface area contributed by atoms with Crippen molar-refractivity contribution in [3.8, 4) is 17.3 Å². The van der Waals surface area contributed by atoms with Gasteiger partial charge < -0.3 is 0 Å².